The van der Waals surface area contributed by atoms with Gasteiger partial charge in [-0.05, 0) is 11.1 Å². The van der Waals surface area contributed by atoms with E-state index in [2.05, 4.69) is 0 Å². The molecule has 2 amide bonds. The maximum atomic E-state index is 11.7. The number of carbonyl (C=O) groups excluding carboxylic acids is 2. The Morgan fingerprint density at radius 3 is 1.32 bits per heavy atom. The Kier molecular flexibility index (Phi) is 8.09. The van der Waals surface area contributed by atoms with Crippen molar-refractivity contribution >= 4 is 11.8 Å². The number of nitrogens with two attached hydrogens (primary N) is 2. The summed E-state index contributed by atoms with van der Waals surface area (Å²) in [7, 11) is 0. The van der Waals surface area contributed by atoms with Crippen LogP contribution >= 0.6 is 0 Å². The third-order valence-corrected chi connectivity index (χ3v) is 4.08. The first-order valence-corrected chi connectivity index (χ1v) is 8.66. The van der Waals surface area contributed by atoms with Gasteiger partial charge in [0.1, 0.15) is 12.2 Å². The van der Waals surface area contributed by atoms with Gasteiger partial charge >= 0.3 is 0 Å². The minimum absolute atomic E-state index is 0.0235. The van der Waals surface area contributed by atoms with Crippen molar-refractivity contribution in [3.8, 4) is 0 Å². The van der Waals surface area contributed by atoms with Crippen molar-refractivity contribution in [1.29, 1.82) is 0 Å². The number of amides is 2. The smallest absolute Gasteiger partial charge is 0.249 e. The second kappa shape index (κ2) is 10.5. The van der Waals surface area contributed by atoms with Crippen LogP contribution in [-0.2, 0) is 32.3 Å². The van der Waals surface area contributed by atoms with Gasteiger partial charge in [-0.1, -0.05) is 60.7 Å². The molecule has 0 fully saturated rings. The summed E-state index contributed by atoms with van der Waals surface area (Å²) in [5, 5.41) is 20.8. The highest BCUT2D eigenvalue weighted by atomic mass is 16.5. The van der Waals surface area contributed by atoms with E-state index in [4.69, 9.17) is 20.9 Å². The summed E-state index contributed by atoms with van der Waals surface area (Å²) < 4.78 is 10.7. The fraction of sp³-hybridized carbons (Fsp3) is 0.300. The van der Waals surface area contributed by atoms with E-state index >= 15 is 0 Å². The van der Waals surface area contributed by atoms with E-state index in [1.807, 2.05) is 12.1 Å². The summed E-state index contributed by atoms with van der Waals surface area (Å²) >= 11 is 0. The van der Waals surface area contributed by atoms with Crippen LogP contribution < -0.4 is 11.5 Å². The van der Waals surface area contributed by atoms with Crippen LogP contribution in [0.1, 0.15) is 11.1 Å². The number of ether oxygens (including phenoxy) is 2. The summed E-state index contributed by atoms with van der Waals surface area (Å²) in [4.78, 5) is 23.4. The molecule has 0 aromatic heterocycles. The van der Waals surface area contributed by atoms with Gasteiger partial charge in [-0.3, -0.25) is 9.59 Å². The highest BCUT2D eigenvalue weighted by Crippen LogP contribution is 2.15. The molecule has 0 bridgehead atoms. The lowest BCUT2D eigenvalue weighted by molar-refractivity contribution is -0.167. The molecule has 0 aliphatic carbocycles. The predicted octanol–water partition coefficient (Wildman–Crippen LogP) is -0.150. The molecule has 8 heteroatoms. The second-order valence-electron chi connectivity index (χ2n) is 6.22. The van der Waals surface area contributed by atoms with E-state index in [-0.39, 0.29) is 13.2 Å². The van der Waals surface area contributed by atoms with Crippen LogP contribution in [0.5, 0.6) is 0 Å². The average molecular weight is 388 g/mol. The molecule has 2 aromatic carbocycles. The first-order valence-electron chi connectivity index (χ1n) is 8.66. The molecule has 4 atom stereocenters. The summed E-state index contributed by atoms with van der Waals surface area (Å²) in [6.45, 7) is -0.0469. The highest BCUT2D eigenvalue weighted by molar-refractivity contribution is 5.81. The van der Waals surface area contributed by atoms with Crippen molar-refractivity contribution in [1.82, 2.24) is 0 Å². The van der Waals surface area contributed by atoms with E-state index in [1.165, 1.54) is 0 Å². The zero-order valence-electron chi connectivity index (χ0n) is 15.2. The van der Waals surface area contributed by atoms with Crippen LogP contribution in [0.25, 0.3) is 0 Å². The Labute approximate surface area is 162 Å². The topological polar surface area (TPSA) is 145 Å². The highest BCUT2D eigenvalue weighted by Gasteiger charge is 2.39. The van der Waals surface area contributed by atoms with E-state index < -0.39 is 36.2 Å². The normalized spacial score (nSPS) is 15.4. The van der Waals surface area contributed by atoms with E-state index in [1.54, 1.807) is 48.5 Å². The van der Waals surface area contributed by atoms with Gasteiger partial charge < -0.3 is 31.2 Å². The van der Waals surface area contributed by atoms with Crippen molar-refractivity contribution in [3.63, 3.8) is 0 Å². The first-order chi connectivity index (χ1) is 13.4. The minimum atomic E-state index is -1.81. The molecule has 2 aromatic rings. The second-order valence-corrected chi connectivity index (χ2v) is 6.22. The van der Waals surface area contributed by atoms with Gasteiger partial charge in [0.05, 0.1) is 13.2 Å². The van der Waals surface area contributed by atoms with E-state index in [0.717, 1.165) is 11.1 Å². The van der Waals surface area contributed by atoms with Gasteiger partial charge in [-0.15, -0.1) is 0 Å². The number of primary amides is 2. The SMILES string of the molecule is NC(=O)C(OCc1ccccc1)C(O)[C@@H](O)[C@@H](OCc1ccccc1)C(N)=O. The molecule has 0 spiro atoms. The third-order valence-electron chi connectivity index (χ3n) is 4.08. The van der Waals surface area contributed by atoms with Crippen LogP contribution in [0.15, 0.2) is 60.7 Å². The van der Waals surface area contributed by atoms with Gasteiger partial charge in [0, 0.05) is 0 Å². The van der Waals surface area contributed by atoms with Crippen LogP contribution in [0, 0.1) is 0 Å². The molecule has 0 saturated heterocycles. The number of aliphatic hydroxyl groups is 2. The fourth-order valence-electron chi connectivity index (χ4n) is 2.58. The molecular weight excluding hydrogens is 364 g/mol. The van der Waals surface area contributed by atoms with Crippen molar-refractivity contribution in [2.45, 2.75) is 37.6 Å². The van der Waals surface area contributed by atoms with Crippen molar-refractivity contribution in [2.75, 3.05) is 0 Å². The average Bonchev–Trinajstić information content (AvgIpc) is 2.69. The number of carbonyl (C=O) groups is 2. The minimum Gasteiger partial charge on any atom is -0.387 e. The van der Waals surface area contributed by atoms with Crippen molar-refractivity contribution < 1.29 is 29.3 Å². The molecule has 0 saturated carbocycles. The Morgan fingerprint density at radius 2 is 1.04 bits per heavy atom. The van der Waals surface area contributed by atoms with Gasteiger partial charge in [0.2, 0.25) is 11.8 Å². The van der Waals surface area contributed by atoms with Crippen molar-refractivity contribution in [3.05, 3.63) is 71.8 Å². The van der Waals surface area contributed by atoms with Gasteiger partial charge in [0.15, 0.2) is 12.2 Å². The molecule has 0 heterocycles. The van der Waals surface area contributed by atoms with Gasteiger partial charge in [-0.2, -0.15) is 0 Å². The van der Waals surface area contributed by atoms with Crippen LogP contribution in [0.3, 0.4) is 0 Å². The molecular formula is C20H24N2O6. The summed E-state index contributed by atoms with van der Waals surface area (Å²) in [6, 6.07) is 17.8. The largest absolute Gasteiger partial charge is 0.387 e. The van der Waals surface area contributed by atoms with E-state index in [9.17, 15) is 19.8 Å². The van der Waals surface area contributed by atoms with Crippen LogP contribution in [0.2, 0.25) is 0 Å². The molecule has 0 aliphatic heterocycles. The molecule has 28 heavy (non-hydrogen) atoms. The zero-order valence-corrected chi connectivity index (χ0v) is 15.2. The lowest BCUT2D eigenvalue weighted by atomic mass is 10.0. The number of hydrogen-bond acceptors (Lipinski definition) is 6. The van der Waals surface area contributed by atoms with E-state index in [0.29, 0.717) is 0 Å². The summed E-state index contributed by atoms with van der Waals surface area (Å²) in [5.74, 6) is -1.98. The quantitative estimate of drug-likeness (QED) is 0.421. The monoisotopic (exact) mass is 388 g/mol. The fourth-order valence-corrected chi connectivity index (χ4v) is 2.58. The third kappa shape index (κ3) is 6.14. The molecule has 2 unspecified atom stereocenters. The zero-order chi connectivity index (χ0) is 20.5. The lowest BCUT2D eigenvalue weighted by Crippen LogP contribution is -2.54. The molecule has 2 rings (SSSR count). The summed E-state index contributed by atoms with van der Waals surface area (Å²) in [6.07, 6.45) is -6.74. The summed E-state index contributed by atoms with van der Waals surface area (Å²) in [5.41, 5.74) is 12.1. The van der Waals surface area contributed by atoms with Crippen LogP contribution in [-0.4, -0.2) is 46.4 Å². The first kappa shape index (κ1) is 21.5. The Morgan fingerprint density at radius 1 is 0.714 bits per heavy atom. The lowest BCUT2D eigenvalue weighted by Gasteiger charge is -2.29. The standard InChI is InChI=1S/C20H24N2O6/c21-19(25)17(27-11-13-7-3-1-4-8-13)15(23)16(24)18(20(22)26)28-12-14-9-5-2-6-10-14/h1-10,15-18,23-24H,11-12H2,(H2,21,25)(H2,22,26)/t15-,16?,17-,18?/m1/s1. The Bertz CT molecular complexity index is 690. The molecule has 6 N–H and O–H groups in total. The predicted molar refractivity (Wildman–Crippen MR) is 100 cm³/mol. The Hall–Kier alpha value is -2.78. The molecule has 8 nitrogen and oxygen atoms in total. The number of aliphatic hydroxyl groups excluding tert-OH is 2. The molecule has 150 valence electrons. The number of benzene rings is 2. The van der Waals surface area contributed by atoms with Gasteiger partial charge in [0.25, 0.3) is 0 Å². The van der Waals surface area contributed by atoms with Crippen molar-refractivity contribution in [2.24, 2.45) is 11.5 Å². The van der Waals surface area contributed by atoms with Gasteiger partial charge in [-0.25, -0.2) is 0 Å². The molecule has 0 radical (unpaired) electrons. The number of hydrogen-bond donors (Lipinski definition) is 4. The Balaban J connectivity index is 2.03. The maximum absolute atomic E-state index is 11.7. The van der Waals surface area contributed by atoms with Crippen LogP contribution in [0.4, 0.5) is 0 Å². The number of rotatable bonds is 11. The molecule has 0 aliphatic rings. The maximum Gasteiger partial charge on any atom is 0.249 e.